The second-order valence-corrected chi connectivity index (χ2v) is 6.15. The molecule has 1 heterocycles. The van der Waals surface area contributed by atoms with E-state index in [1.807, 2.05) is 11.8 Å². The first-order valence-corrected chi connectivity index (χ1v) is 7.84. The quantitative estimate of drug-likeness (QED) is 0.631. The third-order valence-corrected chi connectivity index (χ3v) is 3.99. The Balaban J connectivity index is 1.74. The molecule has 0 aliphatic carbocycles. The minimum atomic E-state index is 0.547. The van der Waals surface area contributed by atoms with Gasteiger partial charge in [0.1, 0.15) is 0 Å². The van der Waals surface area contributed by atoms with Crippen LogP contribution in [0.1, 0.15) is 39.5 Å². The molecule has 0 amide bonds. The van der Waals surface area contributed by atoms with Gasteiger partial charge < -0.3 is 10.1 Å². The van der Waals surface area contributed by atoms with Gasteiger partial charge in [0.2, 0.25) is 0 Å². The summed E-state index contributed by atoms with van der Waals surface area (Å²) in [5.41, 5.74) is 0. The molecule has 1 N–H and O–H groups in total. The van der Waals surface area contributed by atoms with Crippen molar-refractivity contribution < 1.29 is 4.74 Å². The summed E-state index contributed by atoms with van der Waals surface area (Å²) >= 11 is 2.03. The Morgan fingerprint density at radius 2 is 2.25 bits per heavy atom. The molecule has 0 spiro atoms. The lowest BCUT2D eigenvalue weighted by Gasteiger charge is -2.09. The van der Waals surface area contributed by atoms with E-state index in [0.717, 1.165) is 19.1 Å². The maximum atomic E-state index is 5.58. The zero-order valence-corrected chi connectivity index (χ0v) is 11.7. The fraction of sp³-hybridized carbons (Fsp3) is 1.00. The van der Waals surface area contributed by atoms with Crippen LogP contribution in [-0.2, 0) is 4.74 Å². The maximum absolute atomic E-state index is 5.58. The Morgan fingerprint density at radius 3 is 2.94 bits per heavy atom. The minimum absolute atomic E-state index is 0.547. The van der Waals surface area contributed by atoms with Gasteiger partial charge in [-0.3, -0.25) is 0 Å². The van der Waals surface area contributed by atoms with Gasteiger partial charge >= 0.3 is 0 Å². The molecule has 0 aromatic carbocycles. The van der Waals surface area contributed by atoms with Crippen LogP contribution in [-0.4, -0.2) is 37.3 Å². The first-order chi connectivity index (χ1) is 7.79. The highest BCUT2D eigenvalue weighted by atomic mass is 32.2. The number of rotatable bonds is 9. The van der Waals surface area contributed by atoms with Gasteiger partial charge in [0, 0.05) is 24.7 Å². The molecule has 0 aromatic heterocycles. The fourth-order valence-electron chi connectivity index (χ4n) is 1.90. The summed E-state index contributed by atoms with van der Waals surface area (Å²) in [5, 5.41) is 3.50. The lowest BCUT2D eigenvalue weighted by molar-refractivity contribution is 0.129. The van der Waals surface area contributed by atoms with Gasteiger partial charge in [0.25, 0.3) is 0 Å². The lowest BCUT2D eigenvalue weighted by atomic mass is 10.1. The minimum Gasteiger partial charge on any atom is -0.377 e. The maximum Gasteiger partial charge on any atom is 0.0666 e. The number of ether oxygens (including phenoxy) is 1. The molecule has 1 fully saturated rings. The fourth-order valence-corrected chi connectivity index (χ4v) is 2.88. The Kier molecular flexibility index (Phi) is 8.34. The van der Waals surface area contributed by atoms with Crippen LogP contribution in [0.15, 0.2) is 0 Å². The van der Waals surface area contributed by atoms with E-state index in [1.165, 1.54) is 43.7 Å². The van der Waals surface area contributed by atoms with Gasteiger partial charge in [-0.15, -0.1) is 0 Å². The molecule has 96 valence electrons. The lowest BCUT2D eigenvalue weighted by Crippen LogP contribution is -2.19. The summed E-state index contributed by atoms with van der Waals surface area (Å²) in [7, 11) is 0. The molecule has 16 heavy (non-hydrogen) atoms. The summed E-state index contributed by atoms with van der Waals surface area (Å²) < 4.78 is 5.58. The molecule has 1 aliphatic rings. The Bertz CT molecular complexity index is 158. The second kappa shape index (κ2) is 9.32. The van der Waals surface area contributed by atoms with E-state index in [9.17, 15) is 0 Å². The van der Waals surface area contributed by atoms with E-state index >= 15 is 0 Å². The zero-order chi connectivity index (χ0) is 11.6. The smallest absolute Gasteiger partial charge is 0.0666 e. The third-order valence-electron chi connectivity index (χ3n) is 2.89. The van der Waals surface area contributed by atoms with Crippen molar-refractivity contribution in [3.63, 3.8) is 0 Å². The van der Waals surface area contributed by atoms with Gasteiger partial charge in [-0.2, -0.15) is 11.8 Å². The number of hydrogen-bond donors (Lipinski definition) is 1. The highest BCUT2D eigenvalue weighted by Crippen LogP contribution is 2.16. The first kappa shape index (κ1) is 14.3. The Hall–Kier alpha value is 0.270. The number of nitrogens with one attached hydrogen (secondary N) is 1. The standard InChI is InChI=1S/C13H27NOS/c1-12(2)5-3-7-14-8-10-16-11-13-6-4-9-15-13/h12-14H,3-11H2,1-2H3. The van der Waals surface area contributed by atoms with E-state index in [1.54, 1.807) is 0 Å². The predicted octanol–water partition coefficient (Wildman–Crippen LogP) is 2.92. The van der Waals surface area contributed by atoms with Gasteiger partial charge in [-0.25, -0.2) is 0 Å². The van der Waals surface area contributed by atoms with Crippen LogP contribution in [0.5, 0.6) is 0 Å². The summed E-state index contributed by atoms with van der Waals surface area (Å²) in [6.45, 7) is 7.89. The van der Waals surface area contributed by atoms with Crippen LogP contribution in [0, 0.1) is 5.92 Å². The normalized spacial score (nSPS) is 20.8. The van der Waals surface area contributed by atoms with E-state index in [4.69, 9.17) is 4.74 Å². The highest BCUT2D eigenvalue weighted by Gasteiger charge is 2.14. The molecular formula is C13H27NOS. The van der Waals surface area contributed by atoms with Gasteiger partial charge in [0.05, 0.1) is 6.10 Å². The summed E-state index contributed by atoms with van der Waals surface area (Å²) in [5.74, 6) is 3.26. The third kappa shape index (κ3) is 7.53. The first-order valence-electron chi connectivity index (χ1n) is 6.69. The summed E-state index contributed by atoms with van der Waals surface area (Å²) in [6.07, 6.45) is 5.74. The summed E-state index contributed by atoms with van der Waals surface area (Å²) in [4.78, 5) is 0. The van der Waals surface area contributed by atoms with E-state index in [-0.39, 0.29) is 0 Å². The van der Waals surface area contributed by atoms with Gasteiger partial charge in [-0.1, -0.05) is 13.8 Å². The molecule has 1 unspecified atom stereocenters. The van der Waals surface area contributed by atoms with Crippen LogP contribution in [0.2, 0.25) is 0 Å². The SMILES string of the molecule is CC(C)CCCNCCSCC1CCCO1. The second-order valence-electron chi connectivity index (χ2n) is 5.00. The van der Waals surface area contributed by atoms with Crippen molar-refractivity contribution in [2.75, 3.05) is 31.2 Å². The molecule has 3 heteroatoms. The predicted molar refractivity (Wildman–Crippen MR) is 73.2 cm³/mol. The van der Waals surface area contributed by atoms with Crippen molar-refractivity contribution >= 4 is 11.8 Å². The molecule has 1 rings (SSSR count). The van der Waals surface area contributed by atoms with Crippen molar-refractivity contribution in [1.82, 2.24) is 5.32 Å². The van der Waals surface area contributed by atoms with Crippen LogP contribution in [0.3, 0.4) is 0 Å². The Labute approximate surface area is 105 Å². The van der Waals surface area contributed by atoms with Crippen molar-refractivity contribution in [2.45, 2.75) is 45.6 Å². The summed E-state index contributed by atoms with van der Waals surface area (Å²) in [6, 6.07) is 0. The Morgan fingerprint density at radius 1 is 1.38 bits per heavy atom. The van der Waals surface area contributed by atoms with E-state index in [2.05, 4.69) is 19.2 Å². The van der Waals surface area contributed by atoms with Crippen molar-refractivity contribution in [3.8, 4) is 0 Å². The van der Waals surface area contributed by atoms with Gasteiger partial charge in [0.15, 0.2) is 0 Å². The van der Waals surface area contributed by atoms with Crippen LogP contribution >= 0.6 is 11.8 Å². The zero-order valence-electron chi connectivity index (χ0n) is 10.8. The van der Waals surface area contributed by atoms with Crippen molar-refractivity contribution in [3.05, 3.63) is 0 Å². The number of thioether (sulfide) groups is 1. The molecule has 0 aromatic rings. The van der Waals surface area contributed by atoms with E-state index < -0.39 is 0 Å². The molecular weight excluding hydrogens is 218 g/mol. The monoisotopic (exact) mass is 245 g/mol. The average Bonchev–Trinajstić information content (AvgIpc) is 2.74. The van der Waals surface area contributed by atoms with Crippen LogP contribution in [0.4, 0.5) is 0 Å². The van der Waals surface area contributed by atoms with Crippen LogP contribution < -0.4 is 5.32 Å². The molecule has 2 nitrogen and oxygen atoms in total. The highest BCUT2D eigenvalue weighted by molar-refractivity contribution is 7.99. The molecule has 0 radical (unpaired) electrons. The molecule has 1 atom stereocenters. The molecule has 0 saturated carbocycles. The number of hydrogen-bond acceptors (Lipinski definition) is 3. The van der Waals surface area contributed by atoms with Crippen molar-refractivity contribution in [1.29, 1.82) is 0 Å². The van der Waals surface area contributed by atoms with Gasteiger partial charge in [-0.05, 0) is 38.1 Å². The molecule has 1 saturated heterocycles. The molecule has 1 aliphatic heterocycles. The van der Waals surface area contributed by atoms with E-state index in [0.29, 0.717) is 6.10 Å². The largest absolute Gasteiger partial charge is 0.377 e. The average molecular weight is 245 g/mol. The van der Waals surface area contributed by atoms with Crippen molar-refractivity contribution in [2.24, 2.45) is 5.92 Å². The topological polar surface area (TPSA) is 21.3 Å². The molecule has 0 bridgehead atoms. The van der Waals surface area contributed by atoms with Crippen LogP contribution in [0.25, 0.3) is 0 Å².